The van der Waals surface area contributed by atoms with Crippen molar-refractivity contribution >= 4 is 46.9 Å². The van der Waals surface area contributed by atoms with Gasteiger partial charge in [0.2, 0.25) is 11.7 Å². The number of anilines is 2. The van der Waals surface area contributed by atoms with Crippen molar-refractivity contribution in [3.05, 3.63) is 113 Å². The summed E-state index contributed by atoms with van der Waals surface area (Å²) in [4.78, 5) is 40.4. The van der Waals surface area contributed by atoms with E-state index in [1.807, 2.05) is 44.2 Å². The highest BCUT2D eigenvalue weighted by atomic mass is 32.2. The van der Waals surface area contributed by atoms with Crippen molar-refractivity contribution in [3.8, 4) is 17.2 Å². The maximum absolute atomic E-state index is 13.6. The zero-order chi connectivity index (χ0) is 32.3. The second-order valence-corrected chi connectivity index (χ2v) is 11.3. The van der Waals surface area contributed by atoms with Gasteiger partial charge < -0.3 is 30.2 Å². The summed E-state index contributed by atoms with van der Waals surface area (Å²) >= 11 is 1.36. The molecule has 0 aliphatic heterocycles. The molecule has 0 radical (unpaired) electrons. The highest BCUT2D eigenvalue weighted by Gasteiger charge is 2.19. The summed E-state index contributed by atoms with van der Waals surface area (Å²) in [5, 5.41) is 8.16. The Morgan fingerprint density at radius 1 is 0.778 bits per heavy atom. The third-order valence-electron chi connectivity index (χ3n) is 6.70. The molecule has 0 saturated heterocycles. The summed E-state index contributed by atoms with van der Waals surface area (Å²) in [7, 11) is 4.49. The SMILES string of the molecule is COc1cc(/C=C(/NC(=O)c2ccccc2)C(=O)Nc2cccc(SC(C)C(=O)Nc3ccccc3C)c2)cc(OC)c1OC. The van der Waals surface area contributed by atoms with Gasteiger partial charge in [0.1, 0.15) is 5.70 Å². The number of carbonyl (C=O) groups excluding carboxylic acids is 3. The Kier molecular flexibility index (Phi) is 11.3. The van der Waals surface area contributed by atoms with Crippen LogP contribution in [0.3, 0.4) is 0 Å². The number of aryl methyl sites for hydroxylation is 1. The summed E-state index contributed by atoms with van der Waals surface area (Å²) in [6, 6.07) is 26.7. The highest BCUT2D eigenvalue weighted by molar-refractivity contribution is 8.00. The van der Waals surface area contributed by atoms with Crippen molar-refractivity contribution < 1.29 is 28.6 Å². The van der Waals surface area contributed by atoms with Crippen LogP contribution in [0.5, 0.6) is 17.2 Å². The molecular formula is C35H35N3O6S. The molecule has 0 bridgehead atoms. The molecule has 1 unspecified atom stereocenters. The van der Waals surface area contributed by atoms with E-state index < -0.39 is 17.1 Å². The fraction of sp³-hybridized carbons (Fsp3) is 0.171. The van der Waals surface area contributed by atoms with Gasteiger partial charge >= 0.3 is 0 Å². The van der Waals surface area contributed by atoms with Crippen molar-refractivity contribution in [1.29, 1.82) is 0 Å². The van der Waals surface area contributed by atoms with E-state index in [2.05, 4.69) is 16.0 Å². The third kappa shape index (κ3) is 8.67. The molecule has 4 rings (SSSR count). The van der Waals surface area contributed by atoms with E-state index in [1.165, 1.54) is 39.2 Å². The van der Waals surface area contributed by atoms with Gasteiger partial charge in [-0.2, -0.15) is 0 Å². The van der Waals surface area contributed by atoms with E-state index in [0.29, 0.717) is 34.1 Å². The first-order valence-electron chi connectivity index (χ1n) is 14.0. The normalized spacial score (nSPS) is 11.6. The van der Waals surface area contributed by atoms with Crippen LogP contribution in [0.4, 0.5) is 11.4 Å². The van der Waals surface area contributed by atoms with Gasteiger partial charge in [-0.1, -0.05) is 42.5 Å². The Bertz CT molecular complexity index is 1680. The molecule has 10 heteroatoms. The van der Waals surface area contributed by atoms with E-state index in [9.17, 15) is 14.4 Å². The van der Waals surface area contributed by atoms with E-state index in [-0.39, 0.29) is 11.6 Å². The molecule has 232 valence electrons. The van der Waals surface area contributed by atoms with Crippen LogP contribution in [0.25, 0.3) is 6.08 Å². The Morgan fingerprint density at radius 3 is 2.09 bits per heavy atom. The number of para-hydroxylation sites is 1. The van der Waals surface area contributed by atoms with Crippen LogP contribution in [-0.2, 0) is 9.59 Å². The minimum Gasteiger partial charge on any atom is -0.493 e. The molecule has 0 heterocycles. The van der Waals surface area contributed by atoms with Gasteiger partial charge in [-0.05, 0) is 79.6 Å². The maximum atomic E-state index is 13.6. The van der Waals surface area contributed by atoms with Crippen LogP contribution in [0.1, 0.15) is 28.4 Å². The van der Waals surface area contributed by atoms with Crippen molar-refractivity contribution in [2.24, 2.45) is 0 Å². The van der Waals surface area contributed by atoms with Gasteiger partial charge in [-0.3, -0.25) is 14.4 Å². The molecule has 3 N–H and O–H groups in total. The third-order valence-corrected chi connectivity index (χ3v) is 7.80. The molecule has 0 fully saturated rings. The minimum absolute atomic E-state index is 0.0119. The van der Waals surface area contributed by atoms with Crippen LogP contribution in [-0.4, -0.2) is 44.3 Å². The Hall–Kier alpha value is -5.22. The standard InChI is InChI=1S/C35H35N3O6S/c1-22-12-9-10-17-28(22)37-33(39)23(2)45-27-16-11-15-26(21-27)36-35(41)29(38-34(40)25-13-7-6-8-14-25)18-24-19-30(42-3)32(44-5)31(20-24)43-4/h6-21,23H,1-5H3,(H,36,41)(H,37,39)(H,38,40)/b29-18+. The second kappa shape index (κ2) is 15.5. The summed E-state index contributed by atoms with van der Waals surface area (Å²) in [6.07, 6.45) is 1.53. The zero-order valence-corrected chi connectivity index (χ0v) is 26.5. The van der Waals surface area contributed by atoms with E-state index in [0.717, 1.165) is 16.1 Å². The number of nitrogens with one attached hydrogen (secondary N) is 3. The second-order valence-electron chi connectivity index (χ2n) is 9.88. The molecule has 0 spiro atoms. The van der Waals surface area contributed by atoms with Gasteiger partial charge in [0, 0.05) is 21.8 Å². The predicted octanol–water partition coefficient (Wildman–Crippen LogP) is 6.55. The van der Waals surface area contributed by atoms with Gasteiger partial charge in [-0.25, -0.2) is 0 Å². The summed E-state index contributed by atoms with van der Waals surface area (Å²) in [5.41, 5.74) is 3.13. The molecule has 0 aliphatic carbocycles. The smallest absolute Gasteiger partial charge is 0.272 e. The number of thioether (sulfide) groups is 1. The van der Waals surface area contributed by atoms with Crippen molar-refractivity contribution in [3.63, 3.8) is 0 Å². The number of hydrogen-bond donors (Lipinski definition) is 3. The lowest BCUT2D eigenvalue weighted by Crippen LogP contribution is -2.30. The van der Waals surface area contributed by atoms with Crippen LogP contribution in [0.15, 0.2) is 102 Å². The van der Waals surface area contributed by atoms with Crippen LogP contribution in [0, 0.1) is 6.92 Å². The summed E-state index contributed by atoms with van der Waals surface area (Å²) in [5.74, 6) is 0.0309. The lowest BCUT2D eigenvalue weighted by molar-refractivity contribution is -0.115. The van der Waals surface area contributed by atoms with E-state index in [1.54, 1.807) is 60.7 Å². The van der Waals surface area contributed by atoms with Crippen molar-refractivity contribution in [1.82, 2.24) is 5.32 Å². The van der Waals surface area contributed by atoms with E-state index in [4.69, 9.17) is 14.2 Å². The lowest BCUT2D eigenvalue weighted by atomic mass is 10.1. The molecule has 4 aromatic carbocycles. The van der Waals surface area contributed by atoms with Crippen LogP contribution < -0.4 is 30.2 Å². The van der Waals surface area contributed by atoms with Gasteiger partial charge in [0.25, 0.3) is 11.8 Å². The fourth-order valence-electron chi connectivity index (χ4n) is 4.34. The largest absolute Gasteiger partial charge is 0.493 e. The average molecular weight is 626 g/mol. The fourth-order valence-corrected chi connectivity index (χ4v) is 5.27. The molecule has 0 aliphatic rings. The Morgan fingerprint density at radius 2 is 1.44 bits per heavy atom. The molecule has 1 atom stereocenters. The summed E-state index contributed by atoms with van der Waals surface area (Å²) in [6.45, 7) is 3.76. The number of hydrogen-bond acceptors (Lipinski definition) is 7. The molecule has 3 amide bonds. The van der Waals surface area contributed by atoms with E-state index >= 15 is 0 Å². The number of carbonyl (C=O) groups is 3. The van der Waals surface area contributed by atoms with Crippen LogP contribution >= 0.6 is 11.8 Å². The number of amides is 3. The predicted molar refractivity (Wildman–Crippen MR) is 178 cm³/mol. The van der Waals surface area contributed by atoms with Crippen LogP contribution in [0.2, 0.25) is 0 Å². The first kappa shape index (κ1) is 32.7. The monoisotopic (exact) mass is 625 g/mol. The molecule has 0 saturated carbocycles. The minimum atomic E-state index is -0.555. The molecule has 0 aromatic heterocycles. The van der Waals surface area contributed by atoms with Crippen molar-refractivity contribution in [2.45, 2.75) is 24.0 Å². The first-order chi connectivity index (χ1) is 21.7. The Balaban J connectivity index is 1.57. The number of ether oxygens (including phenoxy) is 3. The molecule has 4 aromatic rings. The number of rotatable bonds is 12. The maximum Gasteiger partial charge on any atom is 0.272 e. The highest BCUT2D eigenvalue weighted by Crippen LogP contribution is 2.38. The van der Waals surface area contributed by atoms with Gasteiger partial charge in [0.05, 0.1) is 26.6 Å². The van der Waals surface area contributed by atoms with Crippen molar-refractivity contribution in [2.75, 3.05) is 32.0 Å². The number of benzene rings is 4. The Labute approximate surface area is 267 Å². The molecule has 9 nitrogen and oxygen atoms in total. The quantitative estimate of drug-likeness (QED) is 0.121. The molecule has 45 heavy (non-hydrogen) atoms. The number of methoxy groups -OCH3 is 3. The molecular weight excluding hydrogens is 590 g/mol. The summed E-state index contributed by atoms with van der Waals surface area (Å²) < 4.78 is 16.3. The zero-order valence-electron chi connectivity index (χ0n) is 25.7. The average Bonchev–Trinajstić information content (AvgIpc) is 3.05. The first-order valence-corrected chi connectivity index (χ1v) is 14.9. The van der Waals surface area contributed by atoms with Gasteiger partial charge in [0.15, 0.2) is 11.5 Å². The topological polar surface area (TPSA) is 115 Å². The lowest BCUT2D eigenvalue weighted by Gasteiger charge is -2.15. The van der Waals surface area contributed by atoms with Gasteiger partial charge in [-0.15, -0.1) is 11.8 Å².